The lowest BCUT2D eigenvalue weighted by atomic mass is 9.84. The first kappa shape index (κ1) is 16.1. The Kier molecular flexibility index (Phi) is 4.08. The molecular weight excluding hydrogens is 326 g/mol. The van der Waals surface area contributed by atoms with E-state index in [0.29, 0.717) is 12.1 Å². The van der Waals surface area contributed by atoms with Gasteiger partial charge in [-0.05, 0) is 62.9 Å². The molecule has 4 aliphatic rings. The summed E-state index contributed by atoms with van der Waals surface area (Å²) in [6.07, 6.45) is 9.13. The number of amides is 2. The normalized spacial score (nSPS) is 28.5. The highest BCUT2D eigenvalue weighted by Crippen LogP contribution is 2.37. The van der Waals surface area contributed by atoms with Crippen molar-refractivity contribution >= 4 is 22.6 Å². The van der Waals surface area contributed by atoms with E-state index in [9.17, 15) is 4.79 Å². The Balaban J connectivity index is 1.32. The number of piperidine rings is 3. The van der Waals surface area contributed by atoms with Crippen molar-refractivity contribution in [3.05, 3.63) is 24.4 Å². The number of nitrogens with one attached hydrogen (secondary N) is 2. The van der Waals surface area contributed by atoms with E-state index in [1.54, 1.807) is 0 Å². The number of benzene rings is 1. The standard InChI is InChI=1S/C20H27N5O/c26-20(22-16-3-1-2-4-16)23-17-5-6-18-15(11-17)12-21-25(18)19-13-24-9-7-14(19)8-10-24/h5-6,11-12,14,16,19H,1-4,7-10,13H2,(H2,22,23,26)/t19-/m0/s1. The van der Waals surface area contributed by atoms with Gasteiger partial charge < -0.3 is 15.5 Å². The second-order valence-corrected chi connectivity index (χ2v) is 8.15. The highest BCUT2D eigenvalue weighted by Gasteiger charge is 2.36. The van der Waals surface area contributed by atoms with Crippen LogP contribution >= 0.6 is 0 Å². The molecule has 4 fully saturated rings. The molecule has 3 aliphatic heterocycles. The van der Waals surface area contributed by atoms with E-state index in [0.717, 1.165) is 36.4 Å². The molecule has 138 valence electrons. The van der Waals surface area contributed by atoms with Crippen LogP contribution in [0.1, 0.15) is 44.6 Å². The summed E-state index contributed by atoms with van der Waals surface area (Å²) in [5.41, 5.74) is 2.01. The SMILES string of the molecule is O=C(Nc1ccc2c(cnn2[C@H]2CN3CCC2CC3)c1)NC1CCCC1. The second-order valence-electron chi connectivity index (χ2n) is 8.15. The molecule has 6 nitrogen and oxygen atoms in total. The summed E-state index contributed by atoms with van der Waals surface area (Å²) in [7, 11) is 0. The number of anilines is 1. The quantitative estimate of drug-likeness (QED) is 0.889. The van der Waals surface area contributed by atoms with Crippen LogP contribution in [0.4, 0.5) is 10.5 Å². The van der Waals surface area contributed by atoms with Crippen molar-refractivity contribution in [3.8, 4) is 0 Å². The van der Waals surface area contributed by atoms with E-state index in [2.05, 4.69) is 26.3 Å². The zero-order chi connectivity index (χ0) is 17.5. The van der Waals surface area contributed by atoms with E-state index in [1.165, 1.54) is 44.3 Å². The van der Waals surface area contributed by atoms with Crippen molar-refractivity contribution in [1.82, 2.24) is 20.0 Å². The van der Waals surface area contributed by atoms with Crippen LogP contribution < -0.4 is 10.6 Å². The molecule has 6 rings (SSSR count). The fraction of sp³-hybridized carbons (Fsp3) is 0.600. The maximum atomic E-state index is 12.2. The molecule has 0 spiro atoms. The molecule has 2 amide bonds. The van der Waals surface area contributed by atoms with Gasteiger partial charge in [0.1, 0.15) is 0 Å². The zero-order valence-corrected chi connectivity index (χ0v) is 15.2. The average molecular weight is 353 g/mol. The first-order valence-electron chi connectivity index (χ1n) is 10.0. The van der Waals surface area contributed by atoms with Crippen molar-refractivity contribution in [1.29, 1.82) is 0 Å². The third kappa shape index (κ3) is 2.96. The molecule has 6 heteroatoms. The Morgan fingerprint density at radius 3 is 2.65 bits per heavy atom. The minimum Gasteiger partial charge on any atom is -0.335 e. The summed E-state index contributed by atoms with van der Waals surface area (Å²) in [4.78, 5) is 14.8. The summed E-state index contributed by atoms with van der Waals surface area (Å²) in [6, 6.07) is 6.86. The molecule has 1 aromatic carbocycles. The summed E-state index contributed by atoms with van der Waals surface area (Å²) < 4.78 is 2.22. The van der Waals surface area contributed by atoms with Gasteiger partial charge in [-0.1, -0.05) is 12.8 Å². The molecule has 1 aliphatic carbocycles. The monoisotopic (exact) mass is 353 g/mol. The molecule has 4 heterocycles. The van der Waals surface area contributed by atoms with E-state index >= 15 is 0 Å². The van der Waals surface area contributed by atoms with Crippen molar-refractivity contribution in [2.45, 2.75) is 50.6 Å². The fourth-order valence-corrected chi connectivity index (χ4v) is 5.03. The molecule has 3 saturated heterocycles. The highest BCUT2D eigenvalue weighted by molar-refractivity contribution is 5.92. The zero-order valence-electron chi connectivity index (χ0n) is 15.2. The van der Waals surface area contributed by atoms with Crippen LogP contribution in [0.3, 0.4) is 0 Å². The van der Waals surface area contributed by atoms with Gasteiger partial charge in [0.15, 0.2) is 0 Å². The Morgan fingerprint density at radius 1 is 1.12 bits per heavy atom. The van der Waals surface area contributed by atoms with E-state index < -0.39 is 0 Å². The molecule has 2 bridgehead atoms. The van der Waals surface area contributed by atoms with Gasteiger partial charge in [-0.3, -0.25) is 4.68 Å². The smallest absolute Gasteiger partial charge is 0.319 e. The lowest BCUT2D eigenvalue weighted by Gasteiger charge is -2.44. The number of aromatic nitrogens is 2. The number of nitrogens with zero attached hydrogens (tertiary/aromatic N) is 3. The van der Waals surface area contributed by atoms with Gasteiger partial charge in [0.05, 0.1) is 17.8 Å². The van der Waals surface area contributed by atoms with Gasteiger partial charge in [-0.15, -0.1) is 0 Å². The summed E-state index contributed by atoms with van der Waals surface area (Å²) in [5, 5.41) is 11.9. The number of carbonyl (C=O) groups excluding carboxylic acids is 1. The van der Waals surface area contributed by atoms with Crippen LogP contribution in [0, 0.1) is 5.92 Å². The van der Waals surface area contributed by atoms with E-state index in [4.69, 9.17) is 5.10 Å². The van der Waals surface area contributed by atoms with E-state index in [1.807, 2.05) is 18.3 Å². The topological polar surface area (TPSA) is 62.2 Å². The fourth-order valence-electron chi connectivity index (χ4n) is 5.03. The minimum atomic E-state index is -0.0963. The Morgan fingerprint density at radius 2 is 1.92 bits per heavy atom. The average Bonchev–Trinajstić information content (AvgIpc) is 3.32. The molecular formula is C20H27N5O. The molecule has 1 aromatic heterocycles. The number of hydrogen-bond acceptors (Lipinski definition) is 3. The predicted octanol–water partition coefficient (Wildman–Crippen LogP) is 3.37. The summed E-state index contributed by atoms with van der Waals surface area (Å²) in [5.74, 6) is 0.748. The summed E-state index contributed by atoms with van der Waals surface area (Å²) in [6.45, 7) is 3.60. The molecule has 0 radical (unpaired) electrons. The van der Waals surface area contributed by atoms with Gasteiger partial charge in [0, 0.05) is 23.7 Å². The molecule has 26 heavy (non-hydrogen) atoms. The number of carbonyl (C=O) groups is 1. The first-order valence-corrected chi connectivity index (χ1v) is 10.0. The summed E-state index contributed by atoms with van der Waals surface area (Å²) >= 11 is 0. The lowest BCUT2D eigenvalue weighted by molar-refractivity contribution is 0.0534. The number of fused-ring (bicyclic) bond motifs is 4. The van der Waals surface area contributed by atoms with Crippen molar-refractivity contribution in [2.24, 2.45) is 5.92 Å². The Labute approximate surface area is 153 Å². The molecule has 0 unspecified atom stereocenters. The first-order chi connectivity index (χ1) is 12.8. The Bertz CT molecular complexity index is 802. The molecule has 1 saturated carbocycles. The van der Waals surface area contributed by atoms with Gasteiger partial charge in [0.25, 0.3) is 0 Å². The third-order valence-corrected chi connectivity index (χ3v) is 6.48. The predicted molar refractivity (Wildman–Crippen MR) is 102 cm³/mol. The molecule has 2 N–H and O–H groups in total. The molecule has 1 atom stereocenters. The van der Waals surface area contributed by atoms with Crippen molar-refractivity contribution in [3.63, 3.8) is 0 Å². The largest absolute Gasteiger partial charge is 0.335 e. The highest BCUT2D eigenvalue weighted by atomic mass is 16.2. The Hall–Kier alpha value is -2.08. The van der Waals surface area contributed by atoms with Crippen LogP contribution in [0.25, 0.3) is 10.9 Å². The second kappa shape index (κ2) is 6.58. The third-order valence-electron chi connectivity index (χ3n) is 6.48. The van der Waals surface area contributed by atoms with Crippen LogP contribution in [-0.4, -0.2) is 46.4 Å². The number of urea groups is 1. The van der Waals surface area contributed by atoms with Crippen LogP contribution in [-0.2, 0) is 0 Å². The maximum absolute atomic E-state index is 12.2. The number of rotatable bonds is 3. The van der Waals surface area contributed by atoms with Crippen molar-refractivity contribution < 1.29 is 4.79 Å². The number of hydrogen-bond donors (Lipinski definition) is 2. The van der Waals surface area contributed by atoms with Crippen molar-refractivity contribution in [2.75, 3.05) is 25.0 Å². The minimum absolute atomic E-state index is 0.0963. The van der Waals surface area contributed by atoms with Gasteiger partial charge >= 0.3 is 6.03 Å². The van der Waals surface area contributed by atoms with E-state index in [-0.39, 0.29) is 6.03 Å². The van der Waals surface area contributed by atoms with Gasteiger partial charge in [-0.25, -0.2) is 4.79 Å². The van der Waals surface area contributed by atoms with Gasteiger partial charge in [-0.2, -0.15) is 5.10 Å². The maximum Gasteiger partial charge on any atom is 0.319 e. The van der Waals surface area contributed by atoms with Crippen LogP contribution in [0.5, 0.6) is 0 Å². The van der Waals surface area contributed by atoms with Crippen LogP contribution in [0.2, 0.25) is 0 Å². The van der Waals surface area contributed by atoms with Crippen LogP contribution in [0.15, 0.2) is 24.4 Å². The van der Waals surface area contributed by atoms with Gasteiger partial charge in [0.2, 0.25) is 0 Å². The lowest BCUT2D eigenvalue weighted by Crippen LogP contribution is -2.48. The molecule has 2 aromatic rings.